The fourth-order valence-electron chi connectivity index (χ4n) is 6.61. The second-order valence-corrected chi connectivity index (χ2v) is 14.5. The van der Waals surface area contributed by atoms with Gasteiger partial charge in [0.15, 0.2) is 0 Å². The van der Waals surface area contributed by atoms with E-state index in [-0.39, 0.29) is 29.1 Å². The maximum absolute atomic E-state index is 14.4. The lowest BCUT2D eigenvalue weighted by molar-refractivity contribution is 0.282. The Kier molecular flexibility index (Phi) is 10.5. The summed E-state index contributed by atoms with van der Waals surface area (Å²) in [5, 5.41) is 10.5. The predicted octanol–water partition coefficient (Wildman–Crippen LogP) is 12.9. The number of hydrogen-bond donors (Lipinski definition) is 1. The van der Waals surface area contributed by atoms with Gasteiger partial charge in [0, 0.05) is 27.1 Å². The van der Waals surface area contributed by atoms with Gasteiger partial charge in [-0.05, 0) is 130 Å². The molecule has 0 unspecified atom stereocenters. The highest BCUT2D eigenvalue weighted by atomic mass is 35.5. The fraction of sp³-hybridized carbons (Fsp3) is 0.300. The Hall–Kier alpha value is -2.95. The molecule has 6 heteroatoms. The van der Waals surface area contributed by atoms with Gasteiger partial charge in [-0.1, -0.05) is 87.3 Å². The molecule has 0 saturated heterocycles. The lowest BCUT2D eigenvalue weighted by Gasteiger charge is -2.25. The zero-order chi connectivity index (χ0) is 33.2. The summed E-state index contributed by atoms with van der Waals surface area (Å²) in [5.41, 5.74) is 9.24. The van der Waals surface area contributed by atoms with E-state index in [1.165, 1.54) is 23.3 Å². The van der Waals surface area contributed by atoms with Gasteiger partial charge in [0.2, 0.25) is 0 Å². The summed E-state index contributed by atoms with van der Waals surface area (Å²) < 4.78 is 28.8. The maximum Gasteiger partial charge on any atom is 0.131 e. The van der Waals surface area contributed by atoms with Crippen LogP contribution in [0.2, 0.25) is 10.0 Å². The highest BCUT2D eigenvalue weighted by molar-refractivity contribution is 6.31. The van der Waals surface area contributed by atoms with Crippen LogP contribution in [0.1, 0.15) is 75.6 Å². The summed E-state index contributed by atoms with van der Waals surface area (Å²) in [6, 6.07) is 21.0. The standard InChI is InChI=1S/C20H19Cl2F.C20H20ClFO/c1-20(2)9-3-4-18(20)16-10-13(12-21)5-7-15(16)17-11-14(22)6-8-19(17)23;1-20(2)9-3-4-18(20)16-10-13(12-23)5-7-15(16)17-11-14(21)6-8-19(17)22/h4-8,10-11H,3,9,12H2,1-2H3;4-8,10-11,23H,3,9,12H2,1-2H3. The zero-order valence-corrected chi connectivity index (χ0v) is 28.9. The second kappa shape index (κ2) is 14.0. The van der Waals surface area contributed by atoms with Crippen LogP contribution in [0.3, 0.4) is 0 Å². The summed E-state index contributed by atoms with van der Waals surface area (Å²) >= 11 is 18.2. The number of rotatable bonds is 6. The summed E-state index contributed by atoms with van der Waals surface area (Å²) in [7, 11) is 0. The molecule has 4 aromatic rings. The Morgan fingerprint density at radius 1 is 0.587 bits per heavy atom. The molecule has 0 radical (unpaired) electrons. The summed E-state index contributed by atoms with van der Waals surface area (Å²) in [4.78, 5) is 0. The third-order valence-corrected chi connectivity index (χ3v) is 9.99. The molecule has 240 valence electrons. The normalized spacial score (nSPS) is 16.5. The van der Waals surface area contributed by atoms with Gasteiger partial charge in [-0.15, -0.1) is 11.6 Å². The van der Waals surface area contributed by atoms with Gasteiger partial charge in [0.25, 0.3) is 0 Å². The third-order valence-electron chi connectivity index (χ3n) is 9.22. The molecule has 0 atom stereocenters. The molecule has 0 bridgehead atoms. The minimum Gasteiger partial charge on any atom is -0.392 e. The van der Waals surface area contributed by atoms with E-state index in [4.69, 9.17) is 34.8 Å². The van der Waals surface area contributed by atoms with Crippen molar-refractivity contribution in [2.45, 2.75) is 65.9 Å². The smallest absolute Gasteiger partial charge is 0.131 e. The van der Waals surface area contributed by atoms with Gasteiger partial charge in [-0.2, -0.15) is 0 Å². The number of halogens is 5. The molecule has 0 fully saturated rings. The maximum atomic E-state index is 14.4. The van der Waals surface area contributed by atoms with Gasteiger partial charge < -0.3 is 5.11 Å². The SMILES string of the molecule is CC1(C)CCC=C1c1cc(CCl)ccc1-c1cc(Cl)ccc1F.CC1(C)CCC=C1c1cc(CO)ccc1-c1cc(Cl)ccc1F. The molecule has 0 spiro atoms. The number of allylic oxidation sites excluding steroid dienone is 4. The van der Waals surface area contributed by atoms with E-state index in [9.17, 15) is 13.9 Å². The van der Waals surface area contributed by atoms with Crippen molar-refractivity contribution in [1.82, 2.24) is 0 Å². The minimum absolute atomic E-state index is 0.0288. The first-order valence-electron chi connectivity index (χ1n) is 15.6. The topological polar surface area (TPSA) is 20.2 Å². The third kappa shape index (κ3) is 7.29. The summed E-state index contributed by atoms with van der Waals surface area (Å²) in [6.07, 6.45) is 8.73. The Morgan fingerprint density at radius 2 is 1.02 bits per heavy atom. The van der Waals surface area contributed by atoms with E-state index in [1.54, 1.807) is 24.3 Å². The lowest BCUT2D eigenvalue weighted by atomic mass is 9.79. The van der Waals surface area contributed by atoms with E-state index >= 15 is 0 Å². The quantitative estimate of drug-likeness (QED) is 0.201. The average Bonchev–Trinajstić information content (AvgIpc) is 3.58. The van der Waals surface area contributed by atoms with Crippen LogP contribution in [0.5, 0.6) is 0 Å². The number of benzene rings is 4. The number of aliphatic hydroxyl groups excluding tert-OH is 1. The summed E-state index contributed by atoms with van der Waals surface area (Å²) in [5.74, 6) is -0.103. The van der Waals surface area contributed by atoms with Gasteiger partial charge in [0.05, 0.1) is 6.61 Å². The van der Waals surface area contributed by atoms with Crippen molar-refractivity contribution < 1.29 is 13.9 Å². The van der Waals surface area contributed by atoms with Crippen LogP contribution in [0.15, 0.2) is 84.9 Å². The number of alkyl halides is 1. The Bertz CT molecular complexity index is 1690. The van der Waals surface area contributed by atoms with Crippen LogP contribution in [0.4, 0.5) is 8.78 Å². The molecule has 1 N–H and O–H groups in total. The minimum atomic E-state index is -0.288. The van der Waals surface area contributed by atoms with E-state index in [0.717, 1.165) is 59.1 Å². The zero-order valence-electron chi connectivity index (χ0n) is 26.7. The molecule has 0 aromatic heterocycles. The van der Waals surface area contributed by atoms with Crippen molar-refractivity contribution in [3.8, 4) is 22.3 Å². The molecule has 6 rings (SSSR count). The van der Waals surface area contributed by atoms with Crippen LogP contribution in [-0.2, 0) is 12.5 Å². The van der Waals surface area contributed by atoms with Crippen molar-refractivity contribution in [3.05, 3.63) is 129 Å². The molecule has 0 aliphatic heterocycles. The van der Waals surface area contributed by atoms with Crippen molar-refractivity contribution in [2.24, 2.45) is 10.8 Å². The van der Waals surface area contributed by atoms with Crippen molar-refractivity contribution in [2.75, 3.05) is 0 Å². The molecule has 0 saturated carbocycles. The average molecular weight is 680 g/mol. The van der Waals surface area contributed by atoms with E-state index in [0.29, 0.717) is 27.1 Å². The van der Waals surface area contributed by atoms with Crippen molar-refractivity contribution in [3.63, 3.8) is 0 Å². The number of aliphatic hydroxyl groups is 1. The van der Waals surface area contributed by atoms with Crippen LogP contribution in [0, 0.1) is 22.5 Å². The molecule has 4 aromatic carbocycles. The molecular formula is C40H39Cl3F2O. The van der Waals surface area contributed by atoms with Gasteiger partial charge in [-0.25, -0.2) is 8.78 Å². The Morgan fingerprint density at radius 3 is 1.41 bits per heavy atom. The van der Waals surface area contributed by atoms with E-state index in [2.05, 4.69) is 45.9 Å². The van der Waals surface area contributed by atoms with E-state index in [1.807, 2.05) is 30.3 Å². The van der Waals surface area contributed by atoms with Crippen molar-refractivity contribution >= 4 is 45.9 Å². The highest BCUT2D eigenvalue weighted by Crippen LogP contribution is 2.48. The lowest BCUT2D eigenvalue weighted by Crippen LogP contribution is -2.10. The summed E-state index contributed by atoms with van der Waals surface area (Å²) in [6.45, 7) is 8.85. The van der Waals surface area contributed by atoms with Crippen LogP contribution in [0.25, 0.3) is 33.4 Å². The second-order valence-electron chi connectivity index (χ2n) is 13.4. The molecule has 2 aliphatic carbocycles. The van der Waals surface area contributed by atoms with Crippen LogP contribution in [-0.4, -0.2) is 5.11 Å². The molecular weight excluding hydrogens is 641 g/mol. The Labute approximate surface area is 286 Å². The fourth-order valence-corrected chi connectivity index (χ4v) is 7.12. The monoisotopic (exact) mass is 678 g/mol. The van der Waals surface area contributed by atoms with Gasteiger partial charge in [-0.3, -0.25) is 0 Å². The number of hydrogen-bond acceptors (Lipinski definition) is 1. The first-order chi connectivity index (χ1) is 21.8. The van der Waals surface area contributed by atoms with Crippen molar-refractivity contribution in [1.29, 1.82) is 0 Å². The first-order valence-corrected chi connectivity index (χ1v) is 16.9. The highest BCUT2D eigenvalue weighted by Gasteiger charge is 2.31. The largest absolute Gasteiger partial charge is 0.392 e. The van der Waals surface area contributed by atoms with Gasteiger partial charge in [0.1, 0.15) is 11.6 Å². The first kappa shape index (κ1) is 34.4. The Balaban J connectivity index is 0.000000181. The van der Waals surface area contributed by atoms with E-state index < -0.39 is 0 Å². The molecule has 0 heterocycles. The predicted molar refractivity (Wildman–Crippen MR) is 191 cm³/mol. The van der Waals surface area contributed by atoms with Crippen LogP contribution >= 0.6 is 34.8 Å². The van der Waals surface area contributed by atoms with Crippen LogP contribution < -0.4 is 0 Å². The molecule has 46 heavy (non-hydrogen) atoms. The molecule has 2 aliphatic rings. The van der Waals surface area contributed by atoms with Gasteiger partial charge >= 0.3 is 0 Å². The molecule has 1 nitrogen and oxygen atoms in total. The molecule has 0 amide bonds.